The van der Waals surface area contributed by atoms with E-state index in [0.717, 1.165) is 59.0 Å². The quantitative estimate of drug-likeness (QED) is 0.295. The van der Waals surface area contributed by atoms with Crippen LogP contribution in [0.15, 0.2) is 84.9 Å². The third-order valence-corrected chi connectivity index (χ3v) is 5.13. The Morgan fingerprint density at radius 1 is 0.724 bits per heavy atom. The molecule has 150 valence electrons. The third kappa shape index (κ3) is 6.22. The average molecular weight is 406 g/mol. The van der Waals surface area contributed by atoms with Gasteiger partial charge in [0.15, 0.2) is 0 Å². The minimum atomic E-state index is 0.735. The van der Waals surface area contributed by atoms with Crippen LogP contribution in [-0.4, -0.2) is 32.1 Å². The SMILES string of the molecule is CN(C)CCCCOc1ccc(/C(=C(/Cl)c2ccccc2)c2ccccc2)cc1. The first-order valence-corrected chi connectivity index (χ1v) is 10.4. The van der Waals surface area contributed by atoms with Crippen LogP contribution in [0.1, 0.15) is 29.5 Å². The van der Waals surface area contributed by atoms with Gasteiger partial charge in [-0.2, -0.15) is 0 Å². The van der Waals surface area contributed by atoms with Gasteiger partial charge in [0.1, 0.15) is 5.75 Å². The summed E-state index contributed by atoms with van der Waals surface area (Å²) in [5.41, 5.74) is 4.20. The highest BCUT2D eigenvalue weighted by Gasteiger charge is 2.12. The molecule has 0 aliphatic rings. The summed E-state index contributed by atoms with van der Waals surface area (Å²) >= 11 is 6.87. The molecule has 0 saturated heterocycles. The van der Waals surface area contributed by atoms with Crippen molar-refractivity contribution < 1.29 is 4.74 Å². The van der Waals surface area contributed by atoms with E-state index in [-0.39, 0.29) is 0 Å². The summed E-state index contributed by atoms with van der Waals surface area (Å²) in [6.07, 6.45) is 2.19. The third-order valence-electron chi connectivity index (χ3n) is 4.72. The molecule has 0 atom stereocenters. The van der Waals surface area contributed by atoms with E-state index in [1.54, 1.807) is 0 Å². The maximum Gasteiger partial charge on any atom is 0.119 e. The molecule has 0 amide bonds. The number of ether oxygens (including phenoxy) is 1. The smallest absolute Gasteiger partial charge is 0.119 e. The summed E-state index contributed by atoms with van der Waals surface area (Å²) < 4.78 is 5.91. The van der Waals surface area contributed by atoms with Crippen LogP contribution in [0, 0.1) is 0 Å². The summed E-state index contributed by atoms with van der Waals surface area (Å²) in [6.45, 7) is 1.82. The lowest BCUT2D eigenvalue weighted by molar-refractivity contribution is 0.293. The summed E-state index contributed by atoms with van der Waals surface area (Å²) in [4.78, 5) is 2.20. The molecule has 2 nitrogen and oxygen atoms in total. The van der Waals surface area contributed by atoms with Crippen molar-refractivity contribution in [3.63, 3.8) is 0 Å². The Balaban J connectivity index is 1.80. The molecule has 0 bridgehead atoms. The molecule has 0 saturated carbocycles. The lowest BCUT2D eigenvalue weighted by atomic mass is 9.95. The Kier molecular flexibility index (Phi) is 7.92. The van der Waals surface area contributed by atoms with Crippen molar-refractivity contribution in [2.45, 2.75) is 12.8 Å². The molecular weight excluding hydrogens is 378 g/mol. The van der Waals surface area contributed by atoms with E-state index in [9.17, 15) is 0 Å². The lowest BCUT2D eigenvalue weighted by Crippen LogP contribution is -2.13. The monoisotopic (exact) mass is 405 g/mol. The molecule has 3 heteroatoms. The van der Waals surface area contributed by atoms with Gasteiger partial charge in [0.05, 0.1) is 11.6 Å². The second-order valence-electron chi connectivity index (χ2n) is 7.30. The molecule has 3 aromatic rings. The molecule has 29 heavy (non-hydrogen) atoms. The predicted molar refractivity (Wildman–Crippen MR) is 124 cm³/mol. The van der Waals surface area contributed by atoms with Crippen molar-refractivity contribution in [2.24, 2.45) is 0 Å². The molecule has 0 unspecified atom stereocenters. The van der Waals surface area contributed by atoms with Crippen LogP contribution in [-0.2, 0) is 0 Å². The molecule has 0 aromatic heterocycles. The van der Waals surface area contributed by atoms with Crippen molar-refractivity contribution in [1.82, 2.24) is 4.90 Å². The molecule has 0 N–H and O–H groups in total. The van der Waals surface area contributed by atoms with E-state index in [0.29, 0.717) is 0 Å². The second-order valence-corrected chi connectivity index (χ2v) is 7.68. The highest BCUT2D eigenvalue weighted by atomic mass is 35.5. The number of hydrogen-bond acceptors (Lipinski definition) is 2. The Hall–Kier alpha value is -2.55. The topological polar surface area (TPSA) is 12.5 Å². The molecule has 0 heterocycles. The first-order chi connectivity index (χ1) is 14.1. The van der Waals surface area contributed by atoms with Crippen molar-refractivity contribution in [3.8, 4) is 5.75 Å². The Bertz CT molecular complexity index is 902. The van der Waals surface area contributed by atoms with Crippen LogP contribution < -0.4 is 4.74 Å². The van der Waals surface area contributed by atoms with Crippen LogP contribution in [0.3, 0.4) is 0 Å². The number of halogens is 1. The van der Waals surface area contributed by atoms with Gasteiger partial charge in [-0.1, -0.05) is 84.4 Å². The maximum atomic E-state index is 6.87. The Labute approximate surface area is 179 Å². The van der Waals surface area contributed by atoms with E-state index in [2.05, 4.69) is 43.3 Å². The normalized spacial score (nSPS) is 12.0. The molecule has 0 aliphatic carbocycles. The van der Waals surface area contributed by atoms with Gasteiger partial charge in [-0.05, 0) is 62.3 Å². The standard InChI is InChI=1S/C26H28ClNO/c1-28(2)19-9-10-20-29-24-17-15-22(16-18-24)25(21-11-5-3-6-12-21)26(27)23-13-7-4-8-14-23/h3-8,11-18H,9-10,19-20H2,1-2H3/b26-25+. The molecule has 0 radical (unpaired) electrons. The number of hydrogen-bond donors (Lipinski definition) is 0. The van der Waals surface area contributed by atoms with Crippen LogP contribution in [0.5, 0.6) is 5.75 Å². The molecule has 0 fully saturated rings. The molecular formula is C26H28ClNO. The van der Waals surface area contributed by atoms with Crippen LogP contribution in [0.2, 0.25) is 0 Å². The highest BCUT2D eigenvalue weighted by molar-refractivity contribution is 6.53. The second kappa shape index (κ2) is 10.8. The van der Waals surface area contributed by atoms with Crippen molar-refractivity contribution >= 4 is 22.2 Å². The highest BCUT2D eigenvalue weighted by Crippen LogP contribution is 2.35. The van der Waals surface area contributed by atoms with E-state index >= 15 is 0 Å². The Morgan fingerprint density at radius 2 is 1.28 bits per heavy atom. The minimum Gasteiger partial charge on any atom is -0.494 e. The van der Waals surface area contributed by atoms with Gasteiger partial charge in [0.25, 0.3) is 0 Å². The fourth-order valence-electron chi connectivity index (χ4n) is 3.19. The van der Waals surface area contributed by atoms with Gasteiger partial charge in [-0.15, -0.1) is 0 Å². The van der Waals surface area contributed by atoms with Crippen molar-refractivity contribution in [1.29, 1.82) is 0 Å². The fourth-order valence-corrected chi connectivity index (χ4v) is 3.54. The van der Waals surface area contributed by atoms with Gasteiger partial charge in [-0.25, -0.2) is 0 Å². The lowest BCUT2D eigenvalue weighted by Gasteiger charge is -2.14. The summed E-state index contributed by atoms with van der Waals surface area (Å²) in [6, 6.07) is 28.6. The molecule has 0 spiro atoms. The van der Waals surface area contributed by atoms with Crippen molar-refractivity contribution in [3.05, 3.63) is 102 Å². The van der Waals surface area contributed by atoms with Gasteiger partial charge in [0.2, 0.25) is 0 Å². The number of unbranched alkanes of at least 4 members (excludes halogenated alkanes) is 1. The number of benzene rings is 3. The zero-order chi connectivity index (χ0) is 20.5. The summed E-state index contributed by atoms with van der Waals surface area (Å²) in [5.74, 6) is 0.891. The van der Waals surface area contributed by atoms with E-state index < -0.39 is 0 Å². The summed E-state index contributed by atoms with van der Waals surface area (Å²) in [5, 5.41) is 0.745. The first-order valence-electron chi connectivity index (χ1n) is 10.0. The van der Waals surface area contributed by atoms with Crippen LogP contribution in [0.25, 0.3) is 10.6 Å². The van der Waals surface area contributed by atoms with Crippen LogP contribution in [0.4, 0.5) is 0 Å². The molecule has 3 rings (SSSR count). The average Bonchev–Trinajstić information content (AvgIpc) is 2.76. The van der Waals surface area contributed by atoms with Gasteiger partial charge >= 0.3 is 0 Å². The maximum absolute atomic E-state index is 6.87. The largest absolute Gasteiger partial charge is 0.494 e. The molecule has 3 aromatic carbocycles. The van der Waals surface area contributed by atoms with E-state index in [4.69, 9.17) is 16.3 Å². The van der Waals surface area contributed by atoms with Crippen LogP contribution >= 0.6 is 11.6 Å². The minimum absolute atomic E-state index is 0.735. The van der Waals surface area contributed by atoms with Gasteiger partial charge in [-0.3, -0.25) is 0 Å². The number of rotatable bonds is 9. The van der Waals surface area contributed by atoms with Gasteiger partial charge < -0.3 is 9.64 Å². The zero-order valence-corrected chi connectivity index (χ0v) is 17.9. The fraction of sp³-hybridized carbons (Fsp3) is 0.231. The van der Waals surface area contributed by atoms with Crippen molar-refractivity contribution in [2.75, 3.05) is 27.2 Å². The van der Waals surface area contributed by atoms with E-state index in [1.165, 1.54) is 0 Å². The number of nitrogens with zero attached hydrogens (tertiary/aromatic N) is 1. The first kappa shape index (κ1) is 21.2. The van der Waals surface area contributed by atoms with E-state index in [1.807, 2.05) is 60.7 Å². The molecule has 0 aliphatic heterocycles. The summed E-state index contributed by atoms with van der Waals surface area (Å²) in [7, 11) is 4.19. The predicted octanol–water partition coefficient (Wildman–Crippen LogP) is 6.56. The van der Waals surface area contributed by atoms with Gasteiger partial charge in [0, 0.05) is 5.57 Å². The Morgan fingerprint density at radius 3 is 1.86 bits per heavy atom. The zero-order valence-electron chi connectivity index (χ0n) is 17.1.